The summed E-state index contributed by atoms with van der Waals surface area (Å²) in [6, 6.07) is 6.07. The molecule has 0 saturated carbocycles. The summed E-state index contributed by atoms with van der Waals surface area (Å²) >= 11 is 12.2. The predicted octanol–water partition coefficient (Wildman–Crippen LogP) is 5.32. The minimum absolute atomic E-state index is 0.0911. The Morgan fingerprint density at radius 3 is 2.67 bits per heavy atom. The van der Waals surface area contributed by atoms with Crippen LogP contribution in [0.25, 0.3) is 11.1 Å². The second-order valence-electron chi connectivity index (χ2n) is 5.70. The minimum atomic E-state index is -0.657. The molecule has 0 saturated heterocycles. The molecule has 5 nitrogen and oxygen atoms in total. The van der Waals surface area contributed by atoms with Crippen molar-refractivity contribution in [2.24, 2.45) is 0 Å². The van der Waals surface area contributed by atoms with Crippen molar-refractivity contribution < 1.29 is 13.9 Å². The van der Waals surface area contributed by atoms with E-state index in [-0.39, 0.29) is 10.8 Å². The van der Waals surface area contributed by atoms with Crippen LogP contribution in [0.1, 0.15) is 18.6 Å². The number of hydrogen-bond acceptors (Lipinski definition) is 5. The molecule has 2 N–H and O–H groups in total. The summed E-state index contributed by atoms with van der Waals surface area (Å²) in [5.41, 5.74) is 7.71. The predicted molar refractivity (Wildman–Crippen MR) is 104 cm³/mol. The fourth-order valence-corrected chi connectivity index (χ4v) is 3.32. The number of benzene rings is 1. The van der Waals surface area contributed by atoms with E-state index in [0.717, 1.165) is 5.56 Å². The number of hydrogen-bond donors (Lipinski definition) is 1. The van der Waals surface area contributed by atoms with Crippen LogP contribution in [0.4, 0.5) is 10.2 Å². The Labute approximate surface area is 165 Å². The molecule has 0 aliphatic rings. The van der Waals surface area contributed by atoms with E-state index in [1.807, 2.05) is 0 Å². The topological polar surface area (TPSA) is 70.3 Å². The fourth-order valence-electron chi connectivity index (χ4n) is 2.64. The number of halogens is 3. The fraction of sp³-hybridized carbons (Fsp3) is 0.158. The maximum atomic E-state index is 13.8. The van der Waals surface area contributed by atoms with E-state index >= 15 is 0 Å². The molecule has 0 aliphatic carbocycles. The van der Waals surface area contributed by atoms with Gasteiger partial charge in [-0.1, -0.05) is 23.2 Å². The molecule has 8 heteroatoms. The summed E-state index contributed by atoms with van der Waals surface area (Å²) in [4.78, 5) is 8.28. The highest BCUT2D eigenvalue weighted by molar-refractivity contribution is 6.36. The number of aromatic nitrogens is 2. The third kappa shape index (κ3) is 3.91. The van der Waals surface area contributed by atoms with Crippen molar-refractivity contribution in [1.29, 1.82) is 0 Å². The molecule has 2 heterocycles. The Morgan fingerprint density at radius 2 is 1.93 bits per heavy atom. The van der Waals surface area contributed by atoms with Crippen molar-refractivity contribution in [3.63, 3.8) is 0 Å². The van der Waals surface area contributed by atoms with Crippen LogP contribution in [-0.4, -0.2) is 17.1 Å². The average Bonchev–Trinajstić information content (AvgIpc) is 2.67. The SMILES string of the molecule is COc1ccncc1-c1cnc(N)c(OC(C)c2c(Cl)ccc(F)c2Cl)c1. The third-order valence-corrected chi connectivity index (χ3v) is 4.70. The maximum absolute atomic E-state index is 13.8. The van der Waals surface area contributed by atoms with Gasteiger partial charge in [0.2, 0.25) is 0 Å². The van der Waals surface area contributed by atoms with Gasteiger partial charge >= 0.3 is 0 Å². The molecule has 0 aliphatic heterocycles. The van der Waals surface area contributed by atoms with Crippen LogP contribution in [0.15, 0.2) is 42.9 Å². The lowest BCUT2D eigenvalue weighted by atomic mass is 10.1. The van der Waals surface area contributed by atoms with Gasteiger partial charge in [-0.05, 0) is 31.2 Å². The molecule has 0 radical (unpaired) electrons. The lowest BCUT2D eigenvalue weighted by molar-refractivity contribution is 0.227. The highest BCUT2D eigenvalue weighted by Gasteiger charge is 2.20. The number of nitrogens with zero attached hydrogens (tertiary/aromatic N) is 2. The first-order valence-electron chi connectivity index (χ1n) is 7.96. The van der Waals surface area contributed by atoms with Gasteiger partial charge in [0.15, 0.2) is 11.6 Å². The van der Waals surface area contributed by atoms with Crippen LogP contribution in [0.2, 0.25) is 10.0 Å². The first kappa shape index (κ1) is 19.2. The maximum Gasteiger partial charge on any atom is 0.166 e. The van der Waals surface area contributed by atoms with E-state index in [1.54, 1.807) is 44.8 Å². The van der Waals surface area contributed by atoms with Gasteiger partial charge in [0.05, 0.1) is 12.1 Å². The normalized spacial score (nSPS) is 11.9. The summed E-state index contributed by atoms with van der Waals surface area (Å²) in [5, 5.41) is 0.206. The zero-order chi connectivity index (χ0) is 19.6. The van der Waals surface area contributed by atoms with E-state index in [4.69, 9.17) is 38.4 Å². The van der Waals surface area contributed by atoms with Gasteiger partial charge in [0.25, 0.3) is 0 Å². The van der Waals surface area contributed by atoms with Gasteiger partial charge < -0.3 is 15.2 Å². The van der Waals surface area contributed by atoms with E-state index in [9.17, 15) is 4.39 Å². The second-order valence-corrected chi connectivity index (χ2v) is 6.49. The summed E-state index contributed by atoms with van der Waals surface area (Å²) in [7, 11) is 1.57. The molecule has 0 spiro atoms. The van der Waals surface area contributed by atoms with E-state index in [1.165, 1.54) is 12.1 Å². The smallest absolute Gasteiger partial charge is 0.166 e. The lowest BCUT2D eigenvalue weighted by Gasteiger charge is -2.19. The number of ether oxygens (including phenoxy) is 2. The van der Waals surface area contributed by atoms with Crippen LogP contribution in [-0.2, 0) is 0 Å². The largest absolute Gasteiger partial charge is 0.496 e. The molecule has 0 fully saturated rings. The molecule has 1 unspecified atom stereocenters. The molecule has 1 aromatic carbocycles. The van der Waals surface area contributed by atoms with Gasteiger partial charge in [0, 0.05) is 40.3 Å². The van der Waals surface area contributed by atoms with E-state index < -0.39 is 11.9 Å². The Balaban J connectivity index is 1.98. The average molecular weight is 408 g/mol. The molecule has 0 amide bonds. The molecular formula is C19H16Cl2FN3O2. The van der Waals surface area contributed by atoms with Crippen molar-refractivity contribution in [2.75, 3.05) is 12.8 Å². The number of rotatable bonds is 5. The Bertz CT molecular complexity index is 985. The summed E-state index contributed by atoms with van der Waals surface area (Å²) in [6.45, 7) is 1.70. The highest BCUT2D eigenvalue weighted by atomic mass is 35.5. The van der Waals surface area contributed by atoms with Crippen molar-refractivity contribution in [1.82, 2.24) is 9.97 Å². The standard InChI is InChI=1S/C19H16Cl2FN3O2/c1-10(17-13(20)3-4-14(22)18(17)21)27-16-7-11(8-25-19(16)23)12-9-24-6-5-15(12)26-2/h3-10H,1-2H3,(H2,23,25). The summed E-state index contributed by atoms with van der Waals surface area (Å²) in [6.07, 6.45) is 4.21. The first-order chi connectivity index (χ1) is 12.9. The molecule has 1 atom stereocenters. The van der Waals surface area contributed by atoms with Crippen molar-refractivity contribution in [2.45, 2.75) is 13.0 Å². The summed E-state index contributed by atoms with van der Waals surface area (Å²) in [5.74, 6) is 0.539. The van der Waals surface area contributed by atoms with E-state index in [0.29, 0.717) is 27.6 Å². The highest BCUT2D eigenvalue weighted by Crippen LogP contribution is 2.37. The lowest BCUT2D eigenvalue weighted by Crippen LogP contribution is -2.08. The van der Waals surface area contributed by atoms with Crippen LogP contribution < -0.4 is 15.2 Å². The number of anilines is 1. The van der Waals surface area contributed by atoms with Crippen molar-refractivity contribution in [3.05, 3.63) is 64.3 Å². The van der Waals surface area contributed by atoms with Gasteiger partial charge in [0.1, 0.15) is 17.7 Å². The van der Waals surface area contributed by atoms with Crippen molar-refractivity contribution >= 4 is 29.0 Å². The van der Waals surface area contributed by atoms with Crippen LogP contribution in [0, 0.1) is 5.82 Å². The molecule has 2 aromatic heterocycles. The first-order valence-corrected chi connectivity index (χ1v) is 8.72. The molecular weight excluding hydrogens is 392 g/mol. The number of nitrogen functional groups attached to an aromatic ring is 1. The van der Waals surface area contributed by atoms with Crippen LogP contribution in [0.3, 0.4) is 0 Å². The third-order valence-electron chi connectivity index (χ3n) is 3.98. The number of pyridine rings is 2. The van der Waals surface area contributed by atoms with Crippen LogP contribution in [0.5, 0.6) is 11.5 Å². The molecule has 3 aromatic rings. The second kappa shape index (κ2) is 7.98. The van der Waals surface area contributed by atoms with Gasteiger partial charge in [-0.3, -0.25) is 4.98 Å². The Hall–Kier alpha value is -2.57. The summed E-state index contributed by atoms with van der Waals surface area (Å²) < 4.78 is 25.1. The van der Waals surface area contributed by atoms with Gasteiger partial charge in [-0.15, -0.1) is 0 Å². The van der Waals surface area contributed by atoms with Gasteiger partial charge in [-0.2, -0.15) is 0 Å². The zero-order valence-electron chi connectivity index (χ0n) is 14.5. The molecule has 3 rings (SSSR count). The number of nitrogens with two attached hydrogens (primary N) is 1. The van der Waals surface area contributed by atoms with E-state index in [2.05, 4.69) is 9.97 Å². The van der Waals surface area contributed by atoms with Gasteiger partial charge in [-0.25, -0.2) is 9.37 Å². The monoisotopic (exact) mass is 407 g/mol. The Morgan fingerprint density at radius 1 is 1.15 bits per heavy atom. The Kier molecular flexibility index (Phi) is 5.68. The molecule has 0 bridgehead atoms. The van der Waals surface area contributed by atoms with Crippen molar-refractivity contribution in [3.8, 4) is 22.6 Å². The quantitative estimate of drug-likeness (QED) is 0.579. The minimum Gasteiger partial charge on any atom is -0.496 e. The van der Waals surface area contributed by atoms with Crippen LogP contribution >= 0.6 is 23.2 Å². The molecule has 27 heavy (non-hydrogen) atoms. The zero-order valence-corrected chi connectivity index (χ0v) is 16.1. The molecule has 140 valence electrons. The number of methoxy groups -OCH3 is 1.